The van der Waals surface area contributed by atoms with E-state index in [4.69, 9.17) is 0 Å². The Kier molecular flexibility index (Phi) is 10.1. The fourth-order valence-electron chi connectivity index (χ4n) is 4.73. The Labute approximate surface area is 236 Å². The summed E-state index contributed by atoms with van der Waals surface area (Å²) in [7, 11) is 7.53. The molecule has 0 bridgehead atoms. The van der Waals surface area contributed by atoms with Crippen LogP contribution in [-0.2, 0) is 10.8 Å². The van der Waals surface area contributed by atoms with Crippen LogP contribution in [0.4, 0.5) is 11.4 Å². The molecule has 2 aromatic carbocycles. The number of amides is 2. The van der Waals surface area contributed by atoms with Gasteiger partial charge >= 0.3 is 0 Å². The number of nitrogens with two attached hydrogens (primary N) is 1. The summed E-state index contributed by atoms with van der Waals surface area (Å²) >= 11 is 0. The fourth-order valence-corrected chi connectivity index (χ4v) is 6.54. The van der Waals surface area contributed by atoms with Crippen LogP contribution in [0.25, 0.3) is 0 Å². The molecule has 0 saturated heterocycles. The van der Waals surface area contributed by atoms with E-state index in [0.717, 1.165) is 17.9 Å². The van der Waals surface area contributed by atoms with E-state index in [2.05, 4.69) is 69.1 Å². The maximum Gasteiger partial charge on any atom is 0.251 e. The van der Waals surface area contributed by atoms with Gasteiger partial charge in [-0.25, -0.2) is 4.58 Å². The number of nitrogens with one attached hydrogen (secondary N) is 2. The van der Waals surface area contributed by atoms with Crippen molar-refractivity contribution in [3.63, 3.8) is 0 Å². The summed E-state index contributed by atoms with van der Waals surface area (Å²) in [6.07, 6.45) is 1.01. The van der Waals surface area contributed by atoms with Crippen molar-refractivity contribution < 1.29 is 19.5 Å². The molecule has 8 heteroatoms. The number of nitrogens with zero attached hydrogens (tertiary/aromatic N) is 1. The molecule has 0 unspecified atom stereocenters. The zero-order chi connectivity index (χ0) is 28.1. The number of rotatable bonds is 12. The summed E-state index contributed by atoms with van der Waals surface area (Å²) < 4.78 is 2.21. The van der Waals surface area contributed by atoms with Crippen molar-refractivity contribution in [3.8, 4) is 0 Å². The van der Waals surface area contributed by atoms with Crippen molar-refractivity contribution in [1.29, 1.82) is 0 Å². The first-order valence-electron chi connectivity index (χ1n) is 13.4. The topological polar surface area (TPSA) is 77.8 Å². The zero-order valence-corrected chi connectivity index (χ0v) is 25.8. The molecule has 2 aromatic rings. The molecule has 38 heavy (non-hydrogen) atoms. The van der Waals surface area contributed by atoms with Gasteiger partial charge in [-0.2, -0.15) is 0 Å². The zero-order valence-electron chi connectivity index (χ0n) is 24.2. The Morgan fingerprint density at radius 1 is 0.974 bits per heavy atom. The molecule has 206 valence electrons. The van der Waals surface area contributed by atoms with Crippen LogP contribution in [0.15, 0.2) is 36.4 Å². The minimum Gasteiger partial charge on any atom is -0.351 e. The molecule has 1 aliphatic rings. The second-order valence-corrected chi connectivity index (χ2v) is 13.7. The molecule has 1 heterocycles. The van der Waals surface area contributed by atoms with Gasteiger partial charge in [-0.3, -0.25) is 9.59 Å². The molecule has 1 aliphatic heterocycles. The van der Waals surface area contributed by atoms with Gasteiger partial charge in [-0.15, -0.1) is 0 Å². The maximum absolute atomic E-state index is 12.7. The highest BCUT2D eigenvalue weighted by Gasteiger charge is 2.41. The quantitative estimate of drug-likeness (QED) is 0.152. The highest BCUT2D eigenvalue weighted by molar-refractivity contribution is 8.76. The van der Waals surface area contributed by atoms with E-state index in [-0.39, 0.29) is 22.6 Å². The number of carbonyl (C=O) groups excluding carboxylic acids is 2. The van der Waals surface area contributed by atoms with Crippen molar-refractivity contribution in [1.82, 2.24) is 10.6 Å². The van der Waals surface area contributed by atoms with Crippen LogP contribution >= 0.6 is 21.6 Å². The van der Waals surface area contributed by atoms with Crippen LogP contribution in [0, 0.1) is 0 Å². The predicted molar refractivity (Wildman–Crippen MR) is 163 cm³/mol. The van der Waals surface area contributed by atoms with Gasteiger partial charge < -0.3 is 16.0 Å². The van der Waals surface area contributed by atoms with E-state index < -0.39 is 0 Å². The van der Waals surface area contributed by atoms with Gasteiger partial charge in [0.15, 0.2) is 5.71 Å². The van der Waals surface area contributed by atoms with Gasteiger partial charge in [-0.1, -0.05) is 42.4 Å². The van der Waals surface area contributed by atoms with Crippen LogP contribution in [0.1, 0.15) is 79.8 Å². The maximum atomic E-state index is 12.7. The van der Waals surface area contributed by atoms with Gasteiger partial charge in [0.05, 0.1) is 12.5 Å². The van der Waals surface area contributed by atoms with Crippen molar-refractivity contribution in [2.45, 2.75) is 58.8 Å². The van der Waals surface area contributed by atoms with Crippen molar-refractivity contribution in [2.24, 2.45) is 0 Å². The van der Waals surface area contributed by atoms with Gasteiger partial charge in [-0.05, 0) is 49.9 Å². The van der Waals surface area contributed by atoms with E-state index in [1.165, 1.54) is 28.2 Å². The lowest BCUT2D eigenvalue weighted by Crippen LogP contribution is -2.73. The number of carbonyl (C=O) groups is 2. The largest absolute Gasteiger partial charge is 0.351 e. The Balaban J connectivity index is 1.38. The Morgan fingerprint density at radius 2 is 1.53 bits per heavy atom. The summed E-state index contributed by atoms with van der Waals surface area (Å²) in [5.41, 5.74) is 7.41. The highest BCUT2D eigenvalue weighted by Crippen LogP contribution is 2.39. The van der Waals surface area contributed by atoms with Crippen LogP contribution < -0.4 is 16.0 Å². The average molecular weight is 557 g/mol. The van der Waals surface area contributed by atoms with Crippen molar-refractivity contribution in [2.75, 3.05) is 38.7 Å². The molecule has 6 nitrogen and oxygen atoms in total. The van der Waals surface area contributed by atoms with E-state index in [1.807, 2.05) is 43.4 Å². The molecule has 4 N–H and O–H groups in total. The molecule has 0 radical (unpaired) electrons. The first-order chi connectivity index (χ1) is 17.9. The van der Waals surface area contributed by atoms with Gasteiger partial charge in [0.2, 0.25) is 5.69 Å². The normalized spacial score (nSPS) is 14.4. The number of benzene rings is 2. The van der Waals surface area contributed by atoms with Crippen molar-refractivity contribution in [3.05, 3.63) is 58.7 Å². The third-order valence-corrected chi connectivity index (χ3v) is 10.4. The third-order valence-electron chi connectivity index (χ3n) is 7.97. The molecule has 0 spiro atoms. The molecule has 2 amide bonds. The Bertz CT molecular complexity index is 1190. The molecular weight excluding hydrogens is 512 g/mol. The SMILES string of the molecule is CCC(C)(C)c1cc(C(=O)NCCSSCCNC(=O)c2ccc3c(c2)C(C)(C)C(C)=[N+]3C)ccc1[NH2+]C. The number of hydrogen-bond donors (Lipinski definition) is 3. The minimum atomic E-state index is -0.0752. The lowest BCUT2D eigenvalue weighted by molar-refractivity contribution is -0.540. The average Bonchev–Trinajstić information content (AvgIpc) is 3.08. The number of quaternary nitrogens is 1. The molecular formula is C30H44N4O2S2+2. The van der Waals surface area contributed by atoms with Crippen molar-refractivity contribution >= 4 is 50.5 Å². The molecule has 3 rings (SSSR count). The highest BCUT2D eigenvalue weighted by atomic mass is 33.1. The number of hydrogen-bond acceptors (Lipinski definition) is 4. The van der Waals surface area contributed by atoms with Gasteiger partial charge in [0.1, 0.15) is 12.7 Å². The summed E-state index contributed by atoms with van der Waals surface area (Å²) in [5.74, 6) is 1.55. The standard InChI is InChI=1S/C30H42N4O2S2/c1-9-29(3,4)23-18-21(10-12-25(23)31-7)27(35)32-14-16-37-38-17-15-33-28(36)22-11-13-26-24(19-22)30(5,6)20(2)34(26)8/h10-13,18-19H,9,14-17H2,1-8H3,(H2-,31,32,33,35,36)/p+2. The van der Waals surface area contributed by atoms with Crippen LogP contribution in [0.3, 0.4) is 0 Å². The monoisotopic (exact) mass is 556 g/mol. The Hall–Kier alpha value is -2.29. The summed E-state index contributed by atoms with van der Waals surface area (Å²) in [4.78, 5) is 25.4. The lowest BCUT2D eigenvalue weighted by Gasteiger charge is -2.25. The second kappa shape index (κ2) is 12.7. The van der Waals surface area contributed by atoms with E-state index in [1.54, 1.807) is 21.6 Å². The third kappa shape index (κ3) is 6.64. The van der Waals surface area contributed by atoms with E-state index in [0.29, 0.717) is 24.2 Å². The number of fused-ring (bicyclic) bond motifs is 1. The minimum absolute atomic E-state index is 0.0194. The smallest absolute Gasteiger partial charge is 0.251 e. The van der Waals surface area contributed by atoms with Gasteiger partial charge in [0, 0.05) is 65.9 Å². The van der Waals surface area contributed by atoms with Crippen LogP contribution in [-0.4, -0.2) is 60.8 Å². The Morgan fingerprint density at radius 3 is 2.08 bits per heavy atom. The molecule has 0 aliphatic carbocycles. The van der Waals surface area contributed by atoms with E-state index >= 15 is 0 Å². The molecule has 0 saturated carbocycles. The first kappa shape index (κ1) is 30.3. The first-order valence-corrected chi connectivity index (χ1v) is 15.9. The lowest BCUT2D eigenvalue weighted by atomic mass is 9.80. The molecule has 0 aromatic heterocycles. The fraction of sp³-hybridized carbons (Fsp3) is 0.500. The van der Waals surface area contributed by atoms with E-state index in [9.17, 15) is 9.59 Å². The predicted octanol–water partition coefficient (Wildman–Crippen LogP) is 4.77. The summed E-state index contributed by atoms with van der Waals surface area (Å²) in [5, 5.41) is 8.18. The second-order valence-electron chi connectivity index (χ2n) is 11.0. The van der Waals surface area contributed by atoms with Crippen LogP contribution in [0.2, 0.25) is 0 Å². The van der Waals surface area contributed by atoms with Crippen LogP contribution in [0.5, 0.6) is 0 Å². The molecule has 0 atom stereocenters. The summed E-state index contributed by atoms with van der Waals surface area (Å²) in [6.45, 7) is 14.4. The summed E-state index contributed by atoms with van der Waals surface area (Å²) in [6, 6.07) is 12.0. The molecule has 0 fully saturated rings. The van der Waals surface area contributed by atoms with Gasteiger partial charge in [0.25, 0.3) is 11.8 Å².